The second-order valence-electron chi connectivity index (χ2n) is 6.98. The number of nitrogens with one attached hydrogen (secondary N) is 2. The molecule has 0 saturated carbocycles. The third kappa shape index (κ3) is 3.04. The molecular formula is C21H17N3O5. The van der Waals surface area contributed by atoms with Crippen molar-refractivity contribution >= 4 is 28.8 Å². The number of hydrogen-bond donors (Lipinski definition) is 2. The molecule has 0 bridgehead atoms. The fraction of sp³-hybridized carbons (Fsp3) is 0.143. The molecule has 2 heterocycles. The van der Waals surface area contributed by atoms with Crippen molar-refractivity contribution in [2.75, 3.05) is 0 Å². The normalized spacial score (nSPS) is 18.8. The quantitative estimate of drug-likeness (QED) is 0.666. The summed E-state index contributed by atoms with van der Waals surface area (Å²) >= 11 is 0. The Morgan fingerprint density at radius 3 is 2.52 bits per heavy atom. The van der Waals surface area contributed by atoms with E-state index in [1.54, 1.807) is 55.5 Å². The van der Waals surface area contributed by atoms with E-state index in [1.807, 2.05) is 6.92 Å². The van der Waals surface area contributed by atoms with E-state index in [9.17, 15) is 19.2 Å². The number of benzene rings is 2. The zero-order valence-electron chi connectivity index (χ0n) is 15.7. The van der Waals surface area contributed by atoms with Gasteiger partial charge in [-0.3, -0.25) is 14.4 Å². The van der Waals surface area contributed by atoms with Crippen LogP contribution in [0.4, 0.5) is 4.79 Å². The lowest BCUT2D eigenvalue weighted by Crippen LogP contribution is -2.48. The zero-order valence-corrected chi connectivity index (χ0v) is 15.7. The van der Waals surface area contributed by atoms with Crippen molar-refractivity contribution in [1.29, 1.82) is 0 Å². The standard InChI is InChI=1S/C21H17N3O5/c1-12-8-9-16-14(10-12)15(25)11-17(29-16)18(26)23-24-19(27)21(2,22-20(24)28)13-6-4-3-5-7-13/h3-11H,1-2H3,(H,22,28)(H,23,26). The van der Waals surface area contributed by atoms with Gasteiger partial charge in [-0.1, -0.05) is 42.0 Å². The van der Waals surface area contributed by atoms with Gasteiger partial charge in [0.25, 0.3) is 5.91 Å². The summed E-state index contributed by atoms with van der Waals surface area (Å²) in [6.45, 7) is 3.38. The monoisotopic (exact) mass is 391 g/mol. The molecule has 2 aromatic carbocycles. The van der Waals surface area contributed by atoms with Gasteiger partial charge in [0.15, 0.2) is 11.2 Å². The maximum atomic E-state index is 12.9. The summed E-state index contributed by atoms with van der Waals surface area (Å²) in [5.41, 5.74) is 2.18. The third-order valence-corrected chi connectivity index (χ3v) is 4.86. The first-order valence-corrected chi connectivity index (χ1v) is 8.87. The summed E-state index contributed by atoms with van der Waals surface area (Å²) in [7, 11) is 0. The summed E-state index contributed by atoms with van der Waals surface area (Å²) in [6.07, 6.45) is 0. The molecule has 2 N–H and O–H groups in total. The molecule has 8 heteroatoms. The lowest BCUT2D eigenvalue weighted by Gasteiger charge is -2.21. The Bertz CT molecular complexity index is 1220. The third-order valence-electron chi connectivity index (χ3n) is 4.86. The molecule has 4 amide bonds. The van der Waals surface area contributed by atoms with Crippen LogP contribution in [0.5, 0.6) is 0 Å². The SMILES string of the molecule is Cc1ccc2oc(C(=O)NN3C(=O)NC(C)(c4ccccc4)C3=O)cc(=O)c2c1. The molecule has 0 radical (unpaired) electrons. The van der Waals surface area contributed by atoms with E-state index < -0.39 is 28.8 Å². The molecule has 4 rings (SSSR count). The van der Waals surface area contributed by atoms with Crippen molar-refractivity contribution in [2.24, 2.45) is 0 Å². The Hall–Kier alpha value is -3.94. The van der Waals surface area contributed by atoms with Gasteiger partial charge in [-0.25, -0.2) is 10.2 Å². The number of hydrazine groups is 1. The molecule has 1 saturated heterocycles. The summed E-state index contributed by atoms with van der Waals surface area (Å²) in [6, 6.07) is 13.9. The molecule has 3 aromatic rings. The average molecular weight is 391 g/mol. The van der Waals surface area contributed by atoms with E-state index >= 15 is 0 Å². The minimum Gasteiger partial charge on any atom is -0.451 e. The Morgan fingerprint density at radius 1 is 1.07 bits per heavy atom. The van der Waals surface area contributed by atoms with Crippen LogP contribution in [0.2, 0.25) is 0 Å². The molecule has 8 nitrogen and oxygen atoms in total. The Kier molecular flexibility index (Phi) is 4.19. The van der Waals surface area contributed by atoms with Crippen molar-refractivity contribution in [3.05, 3.63) is 81.7 Å². The molecule has 1 aliphatic rings. The van der Waals surface area contributed by atoms with Gasteiger partial charge in [0, 0.05) is 6.07 Å². The van der Waals surface area contributed by atoms with Gasteiger partial charge in [0.2, 0.25) is 0 Å². The van der Waals surface area contributed by atoms with E-state index in [0.29, 0.717) is 16.0 Å². The fourth-order valence-corrected chi connectivity index (χ4v) is 3.25. The van der Waals surface area contributed by atoms with Crippen molar-refractivity contribution in [2.45, 2.75) is 19.4 Å². The van der Waals surface area contributed by atoms with E-state index in [2.05, 4.69) is 10.7 Å². The first-order valence-electron chi connectivity index (χ1n) is 8.87. The number of rotatable bonds is 3. The van der Waals surface area contributed by atoms with Crippen LogP contribution < -0.4 is 16.2 Å². The van der Waals surface area contributed by atoms with Crippen LogP contribution in [0.15, 0.2) is 63.8 Å². The van der Waals surface area contributed by atoms with E-state index in [1.165, 1.54) is 0 Å². The molecule has 1 aliphatic heterocycles. The number of aryl methyl sites for hydroxylation is 1. The number of urea groups is 1. The van der Waals surface area contributed by atoms with Gasteiger partial charge < -0.3 is 9.73 Å². The first-order chi connectivity index (χ1) is 13.8. The van der Waals surface area contributed by atoms with Gasteiger partial charge in [-0.15, -0.1) is 0 Å². The van der Waals surface area contributed by atoms with Crippen LogP contribution in [-0.4, -0.2) is 22.9 Å². The maximum absolute atomic E-state index is 12.9. The highest BCUT2D eigenvalue weighted by atomic mass is 16.3. The predicted octanol–water partition coefficient (Wildman–Crippen LogP) is 2.21. The smallest absolute Gasteiger partial charge is 0.344 e. The van der Waals surface area contributed by atoms with E-state index in [-0.39, 0.29) is 11.3 Å². The molecule has 0 aliphatic carbocycles. The number of fused-ring (bicyclic) bond motifs is 1. The maximum Gasteiger partial charge on any atom is 0.344 e. The molecule has 1 atom stereocenters. The number of imide groups is 1. The summed E-state index contributed by atoms with van der Waals surface area (Å²) in [5, 5.41) is 3.51. The summed E-state index contributed by atoms with van der Waals surface area (Å²) < 4.78 is 5.50. The van der Waals surface area contributed by atoms with Crippen LogP contribution in [0.1, 0.15) is 28.6 Å². The van der Waals surface area contributed by atoms with Crippen molar-refractivity contribution in [1.82, 2.24) is 15.8 Å². The highest BCUT2D eigenvalue weighted by Crippen LogP contribution is 2.27. The van der Waals surface area contributed by atoms with Gasteiger partial charge >= 0.3 is 11.9 Å². The number of amides is 4. The summed E-state index contributed by atoms with van der Waals surface area (Å²) in [4.78, 5) is 50.1. The Balaban J connectivity index is 1.63. The van der Waals surface area contributed by atoms with Crippen LogP contribution in [0, 0.1) is 6.92 Å². The molecular weight excluding hydrogens is 374 g/mol. The Morgan fingerprint density at radius 2 is 1.79 bits per heavy atom. The molecule has 146 valence electrons. The van der Waals surface area contributed by atoms with Crippen molar-refractivity contribution in [3.63, 3.8) is 0 Å². The number of carbonyl (C=O) groups is 3. The van der Waals surface area contributed by atoms with Crippen LogP contribution >= 0.6 is 0 Å². The average Bonchev–Trinajstić information content (AvgIpc) is 2.93. The zero-order chi connectivity index (χ0) is 20.8. The van der Waals surface area contributed by atoms with Crippen LogP contribution in [-0.2, 0) is 10.3 Å². The van der Waals surface area contributed by atoms with Crippen molar-refractivity contribution in [3.8, 4) is 0 Å². The summed E-state index contributed by atoms with van der Waals surface area (Å²) in [5.74, 6) is -1.84. The molecule has 1 fully saturated rings. The van der Waals surface area contributed by atoms with Gasteiger partial charge in [0.1, 0.15) is 11.1 Å². The highest BCUT2D eigenvalue weighted by molar-refractivity contribution is 6.09. The Labute approximate surface area is 165 Å². The fourth-order valence-electron chi connectivity index (χ4n) is 3.25. The number of hydrogen-bond acceptors (Lipinski definition) is 5. The second kappa shape index (κ2) is 6.59. The van der Waals surface area contributed by atoms with Gasteiger partial charge in [-0.2, -0.15) is 5.01 Å². The van der Waals surface area contributed by atoms with E-state index in [0.717, 1.165) is 11.6 Å². The minimum absolute atomic E-state index is 0.236. The second-order valence-corrected chi connectivity index (χ2v) is 6.98. The first kappa shape index (κ1) is 18.4. The van der Waals surface area contributed by atoms with Gasteiger partial charge in [0.05, 0.1) is 5.39 Å². The molecule has 0 spiro atoms. The van der Waals surface area contributed by atoms with Crippen LogP contribution in [0.25, 0.3) is 11.0 Å². The van der Waals surface area contributed by atoms with Gasteiger partial charge in [-0.05, 0) is 31.5 Å². The largest absolute Gasteiger partial charge is 0.451 e. The number of nitrogens with zero attached hydrogens (tertiary/aromatic N) is 1. The topological polar surface area (TPSA) is 109 Å². The van der Waals surface area contributed by atoms with Crippen molar-refractivity contribution < 1.29 is 18.8 Å². The molecule has 1 unspecified atom stereocenters. The predicted molar refractivity (Wildman–Crippen MR) is 104 cm³/mol. The minimum atomic E-state index is -1.33. The molecule has 1 aromatic heterocycles. The number of carbonyl (C=O) groups excluding carboxylic acids is 3. The van der Waals surface area contributed by atoms with Crippen LogP contribution in [0.3, 0.4) is 0 Å². The lowest BCUT2D eigenvalue weighted by molar-refractivity contribution is -0.132. The highest BCUT2D eigenvalue weighted by Gasteiger charge is 2.50. The molecule has 29 heavy (non-hydrogen) atoms. The van der Waals surface area contributed by atoms with E-state index in [4.69, 9.17) is 4.42 Å². The lowest BCUT2D eigenvalue weighted by atomic mass is 9.92.